The third kappa shape index (κ3) is 4.91. The largest absolute Gasteiger partial charge is 0.349 e. The predicted molar refractivity (Wildman–Crippen MR) is 102 cm³/mol. The average Bonchev–Trinajstić information content (AvgIpc) is 2.65. The molecule has 1 fully saturated rings. The van der Waals surface area contributed by atoms with E-state index in [1.165, 1.54) is 0 Å². The molecular formula is C21H25N3O2. The summed E-state index contributed by atoms with van der Waals surface area (Å²) in [5.74, 6) is 0.453. The molecule has 0 unspecified atom stereocenters. The number of rotatable bonds is 5. The summed E-state index contributed by atoms with van der Waals surface area (Å²) in [6, 6.07) is 11.0. The molecule has 0 bridgehead atoms. The minimum Gasteiger partial charge on any atom is -0.349 e. The average molecular weight is 351 g/mol. The molecule has 2 amide bonds. The van der Waals surface area contributed by atoms with E-state index in [1.54, 1.807) is 30.6 Å². The van der Waals surface area contributed by atoms with Crippen LogP contribution in [-0.2, 0) is 11.2 Å². The third-order valence-corrected chi connectivity index (χ3v) is 4.88. The molecule has 2 N–H and O–H groups in total. The highest BCUT2D eigenvalue weighted by atomic mass is 16.2. The van der Waals surface area contributed by atoms with Crippen LogP contribution < -0.4 is 10.6 Å². The number of anilines is 1. The van der Waals surface area contributed by atoms with Gasteiger partial charge in [0.1, 0.15) is 0 Å². The van der Waals surface area contributed by atoms with Gasteiger partial charge < -0.3 is 10.6 Å². The fraction of sp³-hybridized carbons (Fsp3) is 0.381. The van der Waals surface area contributed by atoms with Crippen molar-refractivity contribution in [3.05, 3.63) is 59.9 Å². The monoisotopic (exact) mass is 351 g/mol. The van der Waals surface area contributed by atoms with E-state index in [9.17, 15) is 9.59 Å². The van der Waals surface area contributed by atoms with Gasteiger partial charge >= 0.3 is 0 Å². The zero-order chi connectivity index (χ0) is 18.4. The molecule has 5 nitrogen and oxygen atoms in total. The van der Waals surface area contributed by atoms with E-state index >= 15 is 0 Å². The summed E-state index contributed by atoms with van der Waals surface area (Å²) in [6.45, 7) is 2.26. The number of para-hydroxylation sites is 1. The molecule has 0 atom stereocenters. The van der Waals surface area contributed by atoms with Gasteiger partial charge in [-0.25, -0.2) is 0 Å². The van der Waals surface area contributed by atoms with Gasteiger partial charge in [-0.1, -0.05) is 25.1 Å². The number of nitrogens with one attached hydrogen (secondary N) is 2. The van der Waals surface area contributed by atoms with Crippen molar-refractivity contribution in [1.29, 1.82) is 0 Å². The van der Waals surface area contributed by atoms with Crippen molar-refractivity contribution in [3.63, 3.8) is 0 Å². The fourth-order valence-electron chi connectivity index (χ4n) is 3.34. The molecule has 0 spiro atoms. The summed E-state index contributed by atoms with van der Waals surface area (Å²) in [5, 5.41) is 5.98. The molecule has 26 heavy (non-hydrogen) atoms. The Hall–Kier alpha value is -2.69. The molecule has 3 rings (SSSR count). The van der Waals surface area contributed by atoms with Crippen molar-refractivity contribution < 1.29 is 9.59 Å². The summed E-state index contributed by atoms with van der Waals surface area (Å²) in [5.41, 5.74) is 1.89. The minimum absolute atomic E-state index is 0.123. The molecular weight excluding hydrogens is 326 g/mol. The van der Waals surface area contributed by atoms with Gasteiger partial charge in [-0.05, 0) is 55.4 Å². The number of pyridine rings is 1. The zero-order valence-corrected chi connectivity index (χ0v) is 15.1. The van der Waals surface area contributed by atoms with Crippen LogP contribution in [-0.4, -0.2) is 22.8 Å². The normalized spacial score (nSPS) is 19.6. The van der Waals surface area contributed by atoms with E-state index in [-0.39, 0.29) is 24.3 Å². The van der Waals surface area contributed by atoms with Gasteiger partial charge in [0.05, 0.1) is 17.7 Å². The Balaban J connectivity index is 1.63. The summed E-state index contributed by atoms with van der Waals surface area (Å²) in [4.78, 5) is 29.0. The highest BCUT2D eigenvalue weighted by Gasteiger charge is 2.21. The molecule has 1 aromatic heterocycles. The number of nitrogens with zero attached hydrogens (tertiary/aromatic N) is 1. The van der Waals surface area contributed by atoms with E-state index in [2.05, 4.69) is 22.5 Å². The number of hydrogen-bond acceptors (Lipinski definition) is 3. The molecule has 0 saturated heterocycles. The Kier molecular flexibility index (Phi) is 6.00. The van der Waals surface area contributed by atoms with E-state index in [4.69, 9.17) is 0 Å². The molecule has 1 aromatic carbocycles. The Morgan fingerprint density at radius 3 is 2.58 bits per heavy atom. The third-order valence-electron chi connectivity index (χ3n) is 4.88. The van der Waals surface area contributed by atoms with Crippen LogP contribution in [0.15, 0.2) is 48.8 Å². The van der Waals surface area contributed by atoms with Crippen LogP contribution in [0.2, 0.25) is 0 Å². The van der Waals surface area contributed by atoms with Crippen molar-refractivity contribution in [3.8, 4) is 0 Å². The van der Waals surface area contributed by atoms with Gasteiger partial charge in [-0.15, -0.1) is 0 Å². The van der Waals surface area contributed by atoms with Crippen molar-refractivity contribution in [2.75, 3.05) is 5.32 Å². The van der Waals surface area contributed by atoms with Crippen LogP contribution in [0.25, 0.3) is 0 Å². The van der Waals surface area contributed by atoms with Gasteiger partial charge in [0.2, 0.25) is 5.91 Å². The van der Waals surface area contributed by atoms with Crippen LogP contribution in [0.1, 0.15) is 48.5 Å². The number of aromatic nitrogens is 1. The molecule has 2 aromatic rings. The maximum atomic E-state index is 12.7. The number of carbonyl (C=O) groups excluding carboxylic acids is 2. The maximum absolute atomic E-state index is 12.7. The first-order valence-corrected chi connectivity index (χ1v) is 9.20. The lowest BCUT2D eigenvalue weighted by Gasteiger charge is -2.27. The Labute approximate surface area is 154 Å². The molecule has 1 aliphatic carbocycles. The van der Waals surface area contributed by atoms with E-state index < -0.39 is 0 Å². The lowest BCUT2D eigenvalue weighted by atomic mass is 9.87. The molecule has 1 heterocycles. The summed E-state index contributed by atoms with van der Waals surface area (Å²) in [6.07, 6.45) is 7.90. The van der Waals surface area contributed by atoms with Crippen LogP contribution in [0.3, 0.4) is 0 Å². The van der Waals surface area contributed by atoms with E-state index in [0.717, 1.165) is 37.2 Å². The molecule has 0 aliphatic heterocycles. The van der Waals surface area contributed by atoms with Gasteiger partial charge in [0, 0.05) is 18.4 Å². The maximum Gasteiger partial charge on any atom is 0.253 e. The highest BCUT2D eigenvalue weighted by Crippen LogP contribution is 2.24. The lowest BCUT2D eigenvalue weighted by Crippen LogP contribution is -2.37. The second-order valence-electron chi connectivity index (χ2n) is 7.06. The SMILES string of the molecule is CC1CCC(NC(=O)c2ccccc2NC(=O)Cc2cccnc2)CC1. The zero-order valence-electron chi connectivity index (χ0n) is 15.1. The van der Waals surface area contributed by atoms with E-state index in [1.807, 2.05) is 18.2 Å². The first-order valence-electron chi connectivity index (χ1n) is 9.20. The number of amides is 2. The fourth-order valence-corrected chi connectivity index (χ4v) is 3.34. The van der Waals surface area contributed by atoms with E-state index in [0.29, 0.717) is 11.3 Å². The van der Waals surface area contributed by atoms with Crippen molar-refractivity contribution in [2.45, 2.75) is 45.1 Å². The second-order valence-corrected chi connectivity index (χ2v) is 7.06. The molecule has 0 radical (unpaired) electrons. The smallest absolute Gasteiger partial charge is 0.253 e. The summed E-state index contributed by atoms with van der Waals surface area (Å²) < 4.78 is 0. The van der Waals surface area contributed by atoms with Crippen LogP contribution >= 0.6 is 0 Å². The van der Waals surface area contributed by atoms with Crippen LogP contribution in [0.5, 0.6) is 0 Å². The van der Waals surface area contributed by atoms with Gasteiger partial charge in [0.25, 0.3) is 5.91 Å². The second kappa shape index (κ2) is 8.61. The van der Waals surface area contributed by atoms with Crippen molar-refractivity contribution in [1.82, 2.24) is 10.3 Å². The van der Waals surface area contributed by atoms with Crippen LogP contribution in [0, 0.1) is 5.92 Å². The first kappa shape index (κ1) is 18.1. The minimum atomic E-state index is -0.162. The highest BCUT2D eigenvalue weighted by molar-refractivity contribution is 6.04. The molecule has 1 saturated carbocycles. The Morgan fingerprint density at radius 1 is 1.08 bits per heavy atom. The number of hydrogen-bond donors (Lipinski definition) is 2. The van der Waals surface area contributed by atoms with Gasteiger partial charge in [-0.2, -0.15) is 0 Å². The summed E-state index contributed by atoms with van der Waals surface area (Å²) in [7, 11) is 0. The Bertz CT molecular complexity index is 753. The Morgan fingerprint density at radius 2 is 1.85 bits per heavy atom. The standard InChI is InChI=1S/C21H25N3O2/c1-15-8-10-17(11-9-15)23-21(26)18-6-2-3-7-19(18)24-20(25)13-16-5-4-12-22-14-16/h2-7,12,14-15,17H,8-11,13H2,1H3,(H,23,26)(H,24,25). The summed E-state index contributed by atoms with van der Waals surface area (Å²) >= 11 is 0. The topological polar surface area (TPSA) is 71.1 Å². The van der Waals surface area contributed by atoms with Crippen molar-refractivity contribution in [2.24, 2.45) is 5.92 Å². The lowest BCUT2D eigenvalue weighted by molar-refractivity contribution is -0.115. The van der Waals surface area contributed by atoms with Gasteiger partial charge in [0.15, 0.2) is 0 Å². The van der Waals surface area contributed by atoms with Gasteiger partial charge in [-0.3, -0.25) is 14.6 Å². The first-order chi connectivity index (χ1) is 12.6. The molecule has 136 valence electrons. The number of benzene rings is 1. The van der Waals surface area contributed by atoms with Crippen LogP contribution in [0.4, 0.5) is 5.69 Å². The molecule has 1 aliphatic rings. The molecule has 5 heteroatoms. The quantitative estimate of drug-likeness (QED) is 0.865. The number of carbonyl (C=O) groups is 2. The predicted octanol–water partition coefficient (Wildman–Crippen LogP) is 3.57. The van der Waals surface area contributed by atoms with Crippen molar-refractivity contribution >= 4 is 17.5 Å².